The highest BCUT2D eigenvalue weighted by atomic mass is 32.2. The van der Waals surface area contributed by atoms with Crippen LogP contribution in [0.2, 0.25) is 0 Å². The maximum atomic E-state index is 12.6. The molecule has 1 aromatic rings. The molecule has 1 heterocycles. The Morgan fingerprint density at radius 3 is 2.14 bits per heavy atom. The van der Waals surface area contributed by atoms with Gasteiger partial charge in [-0.05, 0) is 70.0 Å². The van der Waals surface area contributed by atoms with E-state index < -0.39 is 12.1 Å². The van der Waals surface area contributed by atoms with Gasteiger partial charge in [0.15, 0.2) is 0 Å². The number of rotatable bonds is 15. The highest BCUT2D eigenvalue weighted by molar-refractivity contribution is 7.99. The van der Waals surface area contributed by atoms with E-state index in [1.54, 1.807) is 18.9 Å². The molecule has 1 saturated carbocycles. The Labute approximate surface area is 308 Å². The van der Waals surface area contributed by atoms with Gasteiger partial charge >= 0.3 is 0 Å². The van der Waals surface area contributed by atoms with Crippen molar-refractivity contribution in [3.63, 3.8) is 0 Å². The highest BCUT2D eigenvalue weighted by Gasteiger charge is 2.33. The van der Waals surface area contributed by atoms with Gasteiger partial charge in [-0.1, -0.05) is 58.2 Å². The Balaban J connectivity index is 0. The fourth-order valence-electron chi connectivity index (χ4n) is 5.24. The van der Waals surface area contributed by atoms with Gasteiger partial charge in [-0.25, -0.2) is 0 Å². The quantitative estimate of drug-likeness (QED) is 0.0791. The summed E-state index contributed by atoms with van der Waals surface area (Å²) in [6, 6.07) is 9.59. The van der Waals surface area contributed by atoms with E-state index >= 15 is 0 Å². The van der Waals surface area contributed by atoms with Crippen LogP contribution in [0.25, 0.3) is 0 Å². The van der Waals surface area contributed by atoms with E-state index in [1.165, 1.54) is 32.1 Å². The zero-order valence-electron chi connectivity index (χ0n) is 31.8. The first-order chi connectivity index (χ1) is 23.8. The smallest absolute Gasteiger partial charge is 0.239 e. The van der Waals surface area contributed by atoms with Gasteiger partial charge < -0.3 is 36.0 Å². The van der Waals surface area contributed by atoms with Gasteiger partial charge in [0.2, 0.25) is 18.2 Å². The van der Waals surface area contributed by atoms with E-state index in [0.717, 1.165) is 35.7 Å². The minimum absolute atomic E-state index is 0.0677. The number of thioether (sulfide) groups is 1. The van der Waals surface area contributed by atoms with Crippen molar-refractivity contribution in [1.82, 2.24) is 26.2 Å². The molecule has 0 unspecified atom stereocenters. The number of benzene rings is 1. The van der Waals surface area contributed by atoms with Crippen LogP contribution in [0, 0.1) is 43.4 Å². The number of β-amino-alcohol motifs (C(OH)–C–C–N with tert-alkyl or cyclic N) is 1. The number of carbonyl (C=O) groups excluding carboxylic acids is 3. The molecule has 5 N–H and O–H groups in total. The maximum absolute atomic E-state index is 12.6. The van der Waals surface area contributed by atoms with Crippen molar-refractivity contribution in [2.45, 2.75) is 96.2 Å². The number of aliphatic hydroxyl groups excluding tert-OH is 1. The van der Waals surface area contributed by atoms with Gasteiger partial charge in [0, 0.05) is 42.9 Å². The third-order valence-corrected chi connectivity index (χ3v) is 8.64. The first-order valence-electron chi connectivity index (χ1n) is 17.6. The summed E-state index contributed by atoms with van der Waals surface area (Å²) >= 11 is 1.62. The first kappa shape index (κ1) is 49.1. The molecule has 0 bridgehead atoms. The van der Waals surface area contributed by atoms with Crippen LogP contribution in [-0.4, -0.2) is 105 Å². The minimum atomic E-state index is -0.679. The number of aliphatic hydroxyl groups is 1. The fraction of sp³-hybridized carbons (Fsp3) is 0.667. The Bertz CT molecular complexity index is 1040. The molecule has 0 aromatic heterocycles. The number of ether oxygens (including phenoxy) is 1. The SMILES string of the molecule is C#C.C#C.CC(C)(C)NC=O.CC(C)C.COCCNCC(=O)NCC(=O)N[C@@H](CSc1ccccc1)[C@H](O)CN1CC[C@@H]2CCCC[C@@H]2C1. The van der Waals surface area contributed by atoms with Crippen LogP contribution < -0.4 is 21.3 Å². The normalized spacial score (nSPS) is 17.8. The Morgan fingerprint density at radius 2 is 1.60 bits per heavy atom. The van der Waals surface area contributed by atoms with Crippen LogP contribution in [0.4, 0.5) is 0 Å². The number of hydrogen-bond donors (Lipinski definition) is 5. The van der Waals surface area contributed by atoms with Gasteiger partial charge in [-0.3, -0.25) is 14.4 Å². The van der Waals surface area contributed by atoms with E-state index in [2.05, 4.69) is 72.6 Å². The van der Waals surface area contributed by atoms with Gasteiger partial charge in [0.1, 0.15) is 0 Å². The van der Waals surface area contributed by atoms with Gasteiger partial charge in [0.05, 0.1) is 31.8 Å². The molecule has 0 spiro atoms. The summed E-state index contributed by atoms with van der Waals surface area (Å²) in [6.45, 7) is 16.0. The molecule has 4 atom stereocenters. The molecular formula is C39H67N5O5S. The summed E-state index contributed by atoms with van der Waals surface area (Å²) in [6.07, 6.45) is 22.5. The summed E-state index contributed by atoms with van der Waals surface area (Å²) in [7, 11) is 1.60. The monoisotopic (exact) mass is 717 g/mol. The molecule has 2 aliphatic rings. The lowest BCUT2D eigenvalue weighted by Gasteiger charge is -2.42. The van der Waals surface area contributed by atoms with E-state index in [4.69, 9.17) is 4.74 Å². The van der Waals surface area contributed by atoms with Crippen LogP contribution in [0.5, 0.6) is 0 Å². The number of methoxy groups -OCH3 is 1. The van der Waals surface area contributed by atoms with Crippen LogP contribution in [0.1, 0.15) is 73.6 Å². The zero-order chi connectivity index (χ0) is 38.4. The summed E-state index contributed by atoms with van der Waals surface area (Å²) < 4.78 is 4.94. The molecule has 50 heavy (non-hydrogen) atoms. The highest BCUT2D eigenvalue weighted by Crippen LogP contribution is 2.36. The van der Waals surface area contributed by atoms with E-state index in [-0.39, 0.29) is 30.4 Å². The number of nitrogens with zero attached hydrogens (tertiary/aromatic N) is 1. The average molecular weight is 718 g/mol. The van der Waals surface area contributed by atoms with Gasteiger partial charge in [0.25, 0.3) is 0 Å². The molecule has 3 amide bonds. The molecule has 1 aromatic carbocycles. The van der Waals surface area contributed by atoms with Crippen molar-refractivity contribution in [3.8, 4) is 25.7 Å². The van der Waals surface area contributed by atoms with E-state index in [1.807, 2.05) is 51.1 Å². The molecule has 1 aliphatic carbocycles. The summed E-state index contributed by atoms with van der Waals surface area (Å²) in [4.78, 5) is 37.8. The molecule has 284 valence electrons. The van der Waals surface area contributed by atoms with Crippen molar-refractivity contribution in [2.75, 3.05) is 58.7 Å². The molecule has 11 heteroatoms. The second-order valence-corrected chi connectivity index (χ2v) is 15.0. The standard InChI is InChI=1S/C26H42N4O4S.C5H11NO.C4H10.2C2H2/c1-34-14-12-27-15-25(32)28-16-26(33)29-23(19-35-22-9-3-2-4-10-22)24(31)18-30-13-11-20-7-5-6-8-21(20)17-30;1-5(2,3)6-4-7;1-4(2)3;2*1-2/h2-4,9-10,20-21,23-24,27,31H,5-8,11-19H2,1H3,(H,28,32)(H,29,33);4H,1-3H3,(H,6,7);4H,1-3H3;2*1-2H/t20-,21+,23-,24+;;;;/m0..../s1. The number of piperidine rings is 1. The third-order valence-electron chi connectivity index (χ3n) is 7.51. The largest absolute Gasteiger partial charge is 0.390 e. The second kappa shape index (κ2) is 30.7. The molecule has 1 saturated heterocycles. The van der Waals surface area contributed by atoms with Crippen molar-refractivity contribution in [3.05, 3.63) is 30.3 Å². The van der Waals surface area contributed by atoms with Crippen LogP contribution in [-0.2, 0) is 19.1 Å². The zero-order valence-corrected chi connectivity index (χ0v) is 32.6. The van der Waals surface area contributed by atoms with Crippen LogP contribution in [0.15, 0.2) is 35.2 Å². The van der Waals surface area contributed by atoms with Crippen LogP contribution in [0.3, 0.4) is 0 Å². The number of terminal acetylenes is 2. The van der Waals surface area contributed by atoms with E-state index in [9.17, 15) is 19.5 Å². The maximum Gasteiger partial charge on any atom is 0.239 e. The Morgan fingerprint density at radius 1 is 1.00 bits per heavy atom. The summed E-state index contributed by atoms with van der Waals surface area (Å²) in [5.74, 6) is 2.43. The van der Waals surface area contributed by atoms with Gasteiger partial charge in [-0.2, -0.15) is 0 Å². The van der Waals surface area contributed by atoms with Crippen LogP contribution >= 0.6 is 11.8 Å². The first-order valence-corrected chi connectivity index (χ1v) is 18.5. The lowest BCUT2D eigenvalue weighted by Crippen LogP contribution is -2.53. The lowest BCUT2D eigenvalue weighted by atomic mass is 9.75. The average Bonchev–Trinajstić information content (AvgIpc) is 3.09. The predicted molar refractivity (Wildman–Crippen MR) is 209 cm³/mol. The molecular weight excluding hydrogens is 651 g/mol. The number of nitrogens with one attached hydrogen (secondary N) is 4. The topological polar surface area (TPSA) is 132 Å². The Hall–Kier alpha value is -3.06. The minimum Gasteiger partial charge on any atom is -0.390 e. The van der Waals surface area contributed by atoms with Crippen molar-refractivity contribution in [2.24, 2.45) is 17.8 Å². The number of likely N-dealkylation sites (tertiary alicyclic amines) is 1. The molecule has 0 radical (unpaired) electrons. The molecule has 10 nitrogen and oxygen atoms in total. The molecule has 1 aliphatic heterocycles. The van der Waals surface area contributed by atoms with Crippen molar-refractivity contribution < 1.29 is 24.2 Å². The number of amides is 3. The Kier molecular flexibility index (Phi) is 30.2. The summed E-state index contributed by atoms with van der Waals surface area (Å²) in [5, 5.41) is 22.3. The lowest BCUT2D eigenvalue weighted by molar-refractivity contribution is -0.126. The molecule has 2 fully saturated rings. The number of fused-ring (bicyclic) bond motifs is 1. The van der Waals surface area contributed by atoms with Crippen molar-refractivity contribution in [1.29, 1.82) is 0 Å². The van der Waals surface area contributed by atoms with Crippen molar-refractivity contribution >= 4 is 30.0 Å². The summed E-state index contributed by atoms with van der Waals surface area (Å²) in [5.41, 5.74) is -0.0677. The number of carbonyl (C=O) groups is 3. The molecule has 3 rings (SSSR count). The van der Waals surface area contributed by atoms with E-state index in [0.29, 0.717) is 31.9 Å². The fourth-order valence-corrected chi connectivity index (χ4v) is 6.26. The predicted octanol–water partition coefficient (Wildman–Crippen LogP) is 4.18. The second-order valence-electron chi connectivity index (χ2n) is 13.9. The van der Waals surface area contributed by atoms with Gasteiger partial charge in [-0.15, -0.1) is 37.5 Å². The third kappa shape index (κ3) is 26.8. The number of hydrogen-bond acceptors (Lipinski definition) is 8.